The van der Waals surface area contributed by atoms with Crippen molar-refractivity contribution in [1.29, 1.82) is 0 Å². The van der Waals surface area contributed by atoms with E-state index in [1.54, 1.807) is 20.8 Å². The fourth-order valence-corrected chi connectivity index (χ4v) is 2.07. The molecule has 2 amide bonds. The summed E-state index contributed by atoms with van der Waals surface area (Å²) in [5.41, 5.74) is -2.63. The van der Waals surface area contributed by atoms with Gasteiger partial charge in [0, 0.05) is 20.6 Å². The topological polar surface area (TPSA) is 49.9 Å². The molecule has 6 heteroatoms. The second-order valence-electron chi connectivity index (χ2n) is 6.17. The fourth-order valence-electron chi connectivity index (χ4n) is 2.07. The zero-order chi connectivity index (χ0) is 14.8. The van der Waals surface area contributed by atoms with Gasteiger partial charge in [0.1, 0.15) is 5.60 Å². The third-order valence-corrected chi connectivity index (χ3v) is 2.88. The highest BCUT2D eigenvalue weighted by Crippen LogP contribution is 2.28. The van der Waals surface area contributed by atoms with Crippen LogP contribution < -0.4 is 0 Å². The molecule has 110 valence electrons. The van der Waals surface area contributed by atoms with E-state index >= 15 is 0 Å². The van der Waals surface area contributed by atoms with Crippen molar-refractivity contribution < 1.29 is 18.7 Å². The molecule has 0 saturated carbocycles. The summed E-state index contributed by atoms with van der Waals surface area (Å²) in [6.07, 6.45) is 0.0271. The molecule has 19 heavy (non-hydrogen) atoms. The number of carbonyl (C=O) groups excluding carboxylic acids is 2. The molecule has 1 saturated heterocycles. The largest absolute Gasteiger partial charge is 0.444 e. The second kappa shape index (κ2) is 5.35. The number of ether oxygens (including phenoxy) is 1. The second-order valence-corrected chi connectivity index (χ2v) is 6.17. The Bertz CT molecular complexity index is 365. The molecule has 1 heterocycles. The van der Waals surface area contributed by atoms with Crippen LogP contribution in [0.1, 0.15) is 33.6 Å². The van der Waals surface area contributed by atoms with E-state index < -0.39 is 23.3 Å². The SMILES string of the molecule is CN(C)C(=O)C1(F)CCCN(C(=O)OC(C)(C)C)C1. The van der Waals surface area contributed by atoms with Crippen LogP contribution in [0.3, 0.4) is 0 Å². The van der Waals surface area contributed by atoms with E-state index in [0.29, 0.717) is 13.0 Å². The predicted octanol–water partition coefficient (Wildman–Crippen LogP) is 1.81. The molecule has 5 nitrogen and oxygen atoms in total. The third-order valence-electron chi connectivity index (χ3n) is 2.88. The van der Waals surface area contributed by atoms with Crippen molar-refractivity contribution in [3.8, 4) is 0 Å². The number of alkyl halides is 1. The van der Waals surface area contributed by atoms with Crippen molar-refractivity contribution in [2.75, 3.05) is 27.2 Å². The van der Waals surface area contributed by atoms with E-state index in [0.717, 1.165) is 0 Å². The lowest BCUT2D eigenvalue weighted by Gasteiger charge is -2.38. The van der Waals surface area contributed by atoms with Gasteiger partial charge in [0.25, 0.3) is 5.91 Å². The van der Waals surface area contributed by atoms with Crippen LogP contribution in [-0.2, 0) is 9.53 Å². The van der Waals surface area contributed by atoms with Gasteiger partial charge in [0.2, 0.25) is 5.67 Å². The summed E-state index contributed by atoms with van der Waals surface area (Å²) in [7, 11) is 3.02. The summed E-state index contributed by atoms with van der Waals surface area (Å²) in [6.45, 7) is 5.44. The minimum Gasteiger partial charge on any atom is -0.444 e. The van der Waals surface area contributed by atoms with Crippen molar-refractivity contribution in [2.24, 2.45) is 0 Å². The van der Waals surface area contributed by atoms with Crippen LogP contribution in [0, 0.1) is 0 Å². The van der Waals surface area contributed by atoms with Crippen molar-refractivity contribution in [3.63, 3.8) is 0 Å². The molecular formula is C13H23FN2O3. The molecule has 0 aromatic carbocycles. The Morgan fingerprint density at radius 3 is 2.37 bits per heavy atom. The summed E-state index contributed by atoms with van der Waals surface area (Å²) < 4.78 is 19.8. The van der Waals surface area contributed by atoms with Gasteiger partial charge >= 0.3 is 6.09 Å². The van der Waals surface area contributed by atoms with E-state index in [-0.39, 0.29) is 13.0 Å². The molecule has 1 aliphatic rings. The summed E-state index contributed by atoms with van der Waals surface area (Å²) in [5, 5.41) is 0. The first-order chi connectivity index (χ1) is 8.55. The van der Waals surface area contributed by atoms with Gasteiger partial charge in [0.15, 0.2) is 0 Å². The van der Waals surface area contributed by atoms with E-state index in [2.05, 4.69) is 0 Å². The molecule has 0 aromatic heterocycles. The van der Waals surface area contributed by atoms with Crippen molar-refractivity contribution in [2.45, 2.75) is 44.9 Å². The zero-order valence-corrected chi connectivity index (χ0v) is 12.3. The molecule has 1 aliphatic heterocycles. The Kier molecular flexibility index (Phi) is 4.43. The normalized spacial score (nSPS) is 24.0. The van der Waals surface area contributed by atoms with E-state index in [1.165, 1.54) is 23.9 Å². The van der Waals surface area contributed by atoms with Crippen molar-refractivity contribution in [1.82, 2.24) is 9.80 Å². The Labute approximate surface area is 113 Å². The Balaban J connectivity index is 2.74. The summed E-state index contributed by atoms with van der Waals surface area (Å²) >= 11 is 0. The molecular weight excluding hydrogens is 251 g/mol. The Hall–Kier alpha value is -1.33. The van der Waals surface area contributed by atoms with Gasteiger partial charge in [-0.1, -0.05) is 0 Å². The minimum absolute atomic E-state index is 0.142. The molecule has 0 spiro atoms. The van der Waals surface area contributed by atoms with Crippen LogP contribution in [0.4, 0.5) is 9.18 Å². The number of likely N-dealkylation sites (tertiary alicyclic amines) is 1. The zero-order valence-electron chi connectivity index (χ0n) is 12.3. The van der Waals surface area contributed by atoms with Gasteiger partial charge in [-0.05, 0) is 33.6 Å². The number of hydrogen-bond donors (Lipinski definition) is 0. The first-order valence-corrected chi connectivity index (χ1v) is 6.44. The van der Waals surface area contributed by atoms with Gasteiger partial charge in [-0.3, -0.25) is 4.79 Å². The van der Waals surface area contributed by atoms with Crippen LogP contribution in [0.5, 0.6) is 0 Å². The first-order valence-electron chi connectivity index (χ1n) is 6.44. The Morgan fingerprint density at radius 1 is 1.32 bits per heavy atom. The van der Waals surface area contributed by atoms with E-state index in [9.17, 15) is 14.0 Å². The standard InChI is InChI=1S/C13H23FN2O3/c1-12(2,3)19-11(18)16-8-6-7-13(14,9-16)10(17)15(4)5/h6-9H2,1-5H3. The number of hydrogen-bond acceptors (Lipinski definition) is 3. The van der Waals surface area contributed by atoms with Crippen LogP contribution in [-0.4, -0.2) is 60.3 Å². The van der Waals surface area contributed by atoms with Gasteiger partial charge in [-0.2, -0.15) is 0 Å². The van der Waals surface area contributed by atoms with Gasteiger partial charge in [0.05, 0.1) is 6.54 Å². The summed E-state index contributed by atoms with van der Waals surface area (Å²) in [6, 6.07) is 0. The summed E-state index contributed by atoms with van der Waals surface area (Å²) in [4.78, 5) is 26.2. The van der Waals surface area contributed by atoms with Crippen molar-refractivity contribution in [3.05, 3.63) is 0 Å². The summed E-state index contributed by atoms with van der Waals surface area (Å²) in [5.74, 6) is -0.597. The van der Waals surface area contributed by atoms with Gasteiger partial charge in [-0.25, -0.2) is 9.18 Å². The van der Waals surface area contributed by atoms with Crippen LogP contribution >= 0.6 is 0 Å². The number of halogens is 1. The molecule has 0 aromatic rings. The lowest BCUT2D eigenvalue weighted by Crippen LogP contribution is -2.55. The molecule has 1 atom stereocenters. The molecule has 1 rings (SSSR count). The molecule has 0 bridgehead atoms. The fraction of sp³-hybridized carbons (Fsp3) is 0.846. The molecule has 0 aliphatic carbocycles. The maximum atomic E-state index is 14.6. The third kappa shape index (κ3) is 4.08. The monoisotopic (exact) mass is 274 g/mol. The predicted molar refractivity (Wildman–Crippen MR) is 69.6 cm³/mol. The molecule has 1 unspecified atom stereocenters. The lowest BCUT2D eigenvalue weighted by molar-refractivity contribution is -0.144. The average Bonchev–Trinajstić information content (AvgIpc) is 2.25. The van der Waals surface area contributed by atoms with Gasteiger partial charge < -0.3 is 14.5 Å². The number of amides is 2. The van der Waals surface area contributed by atoms with Crippen LogP contribution in [0.25, 0.3) is 0 Å². The number of piperidine rings is 1. The lowest BCUT2D eigenvalue weighted by atomic mass is 9.93. The molecule has 0 N–H and O–H groups in total. The van der Waals surface area contributed by atoms with Gasteiger partial charge in [-0.15, -0.1) is 0 Å². The van der Waals surface area contributed by atoms with E-state index in [4.69, 9.17) is 4.74 Å². The number of rotatable bonds is 1. The quantitative estimate of drug-likeness (QED) is 0.733. The number of carbonyl (C=O) groups is 2. The van der Waals surface area contributed by atoms with Crippen LogP contribution in [0.15, 0.2) is 0 Å². The maximum Gasteiger partial charge on any atom is 0.410 e. The van der Waals surface area contributed by atoms with Crippen molar-refractivity contribution >= 4 is 12.0 Å². The number of nitrogens with zero attached hydrogens (tertiary/aromatic N) is 2. The Morgan fingerprint density at radius 2 is 1.89 bits per heavy atom. The molecule has 1 fully saturated rings. The minimum atomic E-state index is -2.00. The highest BCUT2D eigenvalue weighted by molar-refractivity contribution is 5.86. The average molecular weight is 274 g/mol. The van der Waals surface area contributed by atoms with Crippen LogP contribution in [0.2, 0.25) is 0 Å². The molecule has 0 radical (unpaired) electrons. The highest BCUT2D eigenvalue weighted by atomic mass is 19.1. The highest BCUT2D eigenvalue weighted by Gasteiger charge is 2.45. The first kappa shape index (κ1) is 15.7. The van der Waals surface area contributed by atoms with E-state index in [1.807, 2.05) is 0 Å². The smallest absolute Gasteiger partial charge is 0.410 e. The maximum absolute atomic E-state index is 14.6.